The molecule has 0 saturated heterocycles. The molecule has 17 heavy (non-hydrogen) atoms. The lowest BCUT2D eigenvalue weighted by Crippen LogP contribution is -2.01. The minimum absolute atomic E-state index is 0.0564. The molecule has 2 aromatic rings. The van der Waals surface area contributed by atoms with Crippen molar-refractivity contribution in [2.45, 2.75) is 12.5 Å². The minimum atomic E-state index is -0.718. The van der Waals surface area contributed by atoms with Gasteiger partial charge in [0.1, 0.15) is 5.82 Å². The molecular formula is C12H9BrClFO2. The van der Waals surface area contributed by atoms with E-state index in [-0.39, 0.29) is 5.02 Å². The number of rotatable bonds is 3. The maximum absolute atomic E-state index is 13.0. The average molecular weight is 320 g/mol. The molecule has 1 atom stereocenters. The predicted molar refractivity (Wildman–Crippen MR) is 66.5 cm³/mol. The largest absolute Gasteiger partial charge is 0.457 e. The third-order valence-corrected chi connectivity index (χ3v) is 3.35. The van der Waals surface area contributed by atoms with Crippen molar-refractivity contribution in [2.24, 2.45) is 0 Å². The molecule has 0 aliphatic rings. The van der Waals surface area contributed by atoms with Crippen LogP contribution in [0, 0.1) is 5.82 Å². The number of halogens is 3. The van der Waals surface area contributed by atoms with Gasteiger partial charge in [0.15, 0.2) is 4.67 Å². The van der Waals surface area contributed by atoms with Gasteiger partial charge in [-0.25, -0.2) is 4.39 Å². The second kappa shape index (κ2) is 5.21. The smallest absolute Gasteiger partial charge is 0.174 e. The van der Waals surface area contributed by atoms with Gasteiger partial charge in [-0.3, -0.25) is 0 Å². The lowest BCUT2D eigenvalue weighted by atomic mass is 10.0. The van der Waals surface area contributed by atoms with Gasteiger partial charge >= 0.3 is 0 Å². The molecule has 2 rings (SSSR count). The number of hydrogen-bond acceptors (Lipinski definition) is 2. The van der Waals surface area contributed by atoms with E-state index in [2.05, 4.69) is 15.9 Å². The van der Waals surface area contributed by atoms with Crippen LogP contribution in [-0.4, -0.2) is 5.11 Å². The summed E-state index contributed by atoms with van der Waals surface area (Å²) in [4.78, 5) is 0. The summed E-state index contributed by atoms with van der Waals surface area (Å²) < 4.78 is 18.5. The Morgan fingerprint density at radius 3 is 2.76 bits per heavy atom. The Morgan fingerprint density at radius 2 is 2.18 bits per heavy atom. The van der Waals surface area contributed by atoms with Crippen LogP contribution in [0.3, 0.4) is 0 Å². The first-order chi connectivity index (χ1) is 8.08. The third kappa shape index (κ3) is 2.89. The fourth-order valence-electron chi connectivity index (χ4n) is 1.54. The summed E-state index contributed by atoms with van der Waals surface area (Å²) in [5.74, 6) is -0.464. The SMILES string of the molecule is OC(Cc1ccc(F)c(Cl)c1)c1ccoc1Br. The zero-order valence-electron chi connectivity index (χ0n) is 8.66. The molecule has 1 N–H and O–H groups in total. The van der Waals surface area contributed by atoms with Crippen LogP contribution in [0.4, 0.5) is 4.39 Å². The topological polar surface area (TPSA) is 33.4 Å². The first-order valence-electron chi connectivity index (χ1n) is 4.93. The van der Waals surface area contributed by atoms with Crippen molar-refractivity contribution in [3.05, 3.63) is 57.2 Å². The van der Waals surface area contributed by atoms with Gasteiger partial charge in [0.25, 0.3) is 0 Å². The van der Waals surface area contributed by atoms with Gasteiger partial charge in [-0.15, -0.1) is 0 Å². The van der Waals surface area contributed by atoms with Gasteiger partial charge in [0.05, 0.1) is 17.4 Å². The van der Waals surface area contributed by atoms with Crippen molar-refractivity contribution in [3.8, 4) is 0 Å². The van der Waals surface area contributed by atoms with Crippen molar-refractivity contribution in [2.75, 3.05) is 0 Å². The summed E-state index contributed by atoms with van der Waals surface area (Å²) in [6.07, 6.45) is 1.11. The van der Waals surface area contributed by atoms with E-state index in [0.717, 1.165) is 5.56 Å². The quantitative estimate of drug-likeness (QED) is 0.923. The van der Waals surface area contributed by atoms with Gasteiger partial charge in [-0.2, -0.15) is 0 Å². The molecule has 1 heterocycles. The average Bonchev–Trinajstić information content (AvgIpc) is 2.70. The van der Waals surface area contributed by atoms with E-state index < -0.39 is 11.9 Å². The fraction of sp³-hybridized carbons (Fsp3) is 0.167. The number of aliphatic hydroxyl groups is 1. The van der Waals surface area contributed by atoms with Crippen LogP contribution < -0.4 is 0 Å². The Labute approximate surface area is 111 Å². The fourth-order valence-corrected chi connectivity index (χ4v) is 2.25. The Hall–Kier alpha value is -0.840. The Morgan fingerprint density at radius 1 is 1.41 bits per heavy atom. The molecule has 0 fully saturated rings. The highest BCUT2D eigenvalue weighted by Crippen LogP contribution is 2.28. The molecule has 0 spiro atoms. The van der Waals surface area contributed by atoms with Crippen molar-refractivity contribution in [1.29, 1.82) is 0 Å². The molecule has 1 aromatic heterocycles. The zero-order valence-corrected chi connectivity index (χ0v) is 11.0. The van der Waals surface area contributed by atoms with E-state index in [9.17, 15) is 9.50 Å². The Bertz CT molecular complexity index is 527. The highest BCUT2D eigenvalue weighted by molar-refractivity contribution is 9.10. The zero-order chi connectivity index (χ0) is 12.4. The highest BCUT2D eigenvalue weighted by atomic mass is 79.9. The molecule has 0 saturated carbocycles. The van der Waals surface area contributed by atoms with E-state index in [1.807, 2.05) is 0 Å². The van der Waals surface area contributed by atoms with Crippen LogP contribution in [0.2, 0.25) is 5.02 Å². The van der Waals surface area contributed by atoms with E-state index in [1.165, 1.54) is 18.4 Å². The number of benzene rings is 1. The van der Waals surface area contributed by atoms with Crippen molar-refractivity contribution >= 4 is 27.5 Å². The maximum Gasteiger partial charge on any atom is 0.174 e. The summed E-state index contributed by atoms with van der Waals surface area (Å²) in [7, 11) is 0. The van der Waals surface area contributed by atoms with Crippen LogP contribution in [-0.2, 0) is 6.42 Å². The summed E-state index contributed by atoms with van der Waals surface area (Å²) in [5, 5.41) is 10.0. The first kappa shape index (κ1) is 12.6. The normalized spacial score (nSPS) is 12.7. The Kier molecular flexibility index (Phi) is 3.86. The van der Waals surface area contributed by atoms with Crippen LogP contribution in [0.5, 0.6) is 0 Å². The van der Waals surface area contributed by atoms with Gasteiger partial charge in [-0.1, -0.05) is 17.7 Å². The number of hydrogen-bond donors (Lipinski definition) is 1. The molecule has 0 radical (unpaired) electrons. The summed E-state index contributed by atoms with van der Waals surface area (Å²) in [6, 6.07) is 6.07. The number of aliphatic hydroxyl groups excluding tert-OH is 1. The molecule has 1 aromatic carbocycles. The van der Waals surface area contributed by atoms with Crippen LogP contribution in [0.15, 0.2) is 39.6 Å². The second-order valence-corrected chi connectivity index (χ2v) is 4.75. The van der Waals surface area contributed by atoms with E-state index in [1.54, 1.807) is 12.1 Å². The van der Waals surface area contributed by atoms with E-state index in [0.29, 0.717) is 16.7 Å². The lowest BCUT2D eigenvalue weighted by molar-refractivity contribution is 0.176. The predicted octanol–water partition coefficient (Wildman–Crippen LogP) is 4.11. The minimum Gasteiger partial charge on any atom is -0.457 e. The van der Waals surface area contributed by atoms with Crippen molar-refractivity contribution in [3.63, 3.8) is 0 Å². The standard InChI is InChI=1S/C12H9BrClFO2/c13-12-8(3-4-17-12)11(16)6-7-1-2-10(15)9(14)5-7/h1-5,11,16H,6H2. The molecule has 0 amide bonds. The van der Waals surface area contributed by atoms with Gasteiger partial charge in [-0.05, 0) is 39.7 Å². The maximum atomic E-state index is 13.0. The van der Waals surface area contributed by atoms with E-state index in [4.69, 9.17) is 16.0 Å². The molecule has 1 unspecified atom stereocenters. The van der Waals surface area contributed by atoms with Crippen LogP contribution in [0.1, 0.15) is 17.2 Å². The molecular weight excluding hydrogens is 310 g/mol. The molecule has 2 nitrogen and oxygen atoms in total. The molecule has 0 bridgehead atoms. The van der Waals surface area contributed by atoms with Crippen molar-refractivity contribution < 1.29 is 13.9 Å². The third-order valence-electron chi connectivity index (χ3n) is 2.42. The van der Waals surface area contributed by atoms with Gasteiger partial charge in [0.2, 0.25) is 0 Å². The monoisotopic (exact) mass is 318 g/mol. The Balaban J connectivity index is 2.16. The van der Waals surface area contributed by atoms with Crippen LogP contribution >= 0.6 is 27.5 Å². The van der Waals surface area contributed by atoms with Crippen LogP contribution in [0.25, 0.3) is 0 Å². The molecule has 0 aliphatic carbocycles. The highest BCUT2D eigenvalue weighted by Gasteiger charge is 2.14. The first-order valence-corrected chi connectivity index (χ1v) is 6.10. The summed E-state index contributed by atoms with van der Waals surface area (Å²) >= 11 is 8.86. The molecule has 90 valence electrons. The van der Waals surface area contributed by atoms with E-state index >= 15 is 0 Å². The van der Waals surface area contributed by atoms with Crippen molar-refractivity contribution in [1.82, 2.24) is 0 Å². The lowest BCUT2D eigenvalue weighted by Gasteiger charge is -2.09. The summed E-state index contributed by atoms with van der Waals surface area (Å²) in [6.45, 7) is 0. The summed E-state index contributed by atoms with van der Waals surface area (Å²) in [5.41, 5.74) is 1.42. The second-order valence-electron chi connectivity index (χ2n) is 3.62. The van der Waals surface area contributed by atoms with Gasteiger partial charge in [0, 0.05) is 12.0 Å². The van der Waals surface area contributed by atoms with Gasteiger partial charge < -0.3 is 9.52 Å². The molecule has 0 aliphatic heterocycles. The number of furan rings is 1. The molecule has 5 heteroatoms.